The molecule has 4 aliphatic heterocycles. The van der Waals surface area contributed by atoms with E-state index in [4.69, 9.17) is 9.47 Å². The number of allylic oxidation sites excluding steroid dienone is 1. The Hall–Kier alpha value is -3.02. The highest BCUT2D eigenvalue weighted by Gasteiger charge is 2.75. The van der Waals surface area contributed by atoms with Gasteiger partial charge in [-0.1, -0.05) is 85.6 Å². The third-order valence-electron chi connectivity index (χ3n) is 9.68. The summed E-state index contributed by atoms with van der Waals surface area (Å²) in [6.45, 7) is 7.93. The van der Waals surface area contributed by atoms with Crippen LogP contribution in [-0.4, -0.2) is 88.2 Å². The van der Waals surface area contributed by atoms with Crippen molar-refractivity contribution in [2.24, 2.45) is 17.8 Å². The largest absolute Gasteiger partial charge is 0.463 e. The number of hydrogen-bond acceptors (Lipinski definition) is 7. The van der Waals surface area contributed by atoms with E-state index in [0.717, 1.165) is 18.4 Å². The lowest BCUT2D eigenvalue weighted by atomic mass is 9.74. The molecule has 3 amide bonds. The fourth-order valence-corrected chi connectivity index (χ4v) is 8.33. The molecule has 11 heteroatoms. The number of halogens is 1. The summed E-state index contributed by atoms with van der Waals surface area (Å²) in [5, 5.41) is 13.7. The lowest BCUT2D eigenvalue weighted by molar-refractivity contribution is -0.152. The lowest BCUT2D eigenvalue weighted by Gasteiger charge is -2.40. The second-order valence-corrected chi connectivity index (χ2v) is 14.2. The molecule has 1 spiro atoms. The number of esters is 1. The number of amides is 3. The van der Waals surface area contributed by atoms with Crippen LogP contribution in [0.15, 0.2) is 53.0 Å². The fraction of sp³-hybridized carbons (Fsp3) is 0.600. The van der Waals surface area contributed by atoms with Crippen molar-refractivity contribution in [3.05, 3.63) is 58.6 Å². The lowest BCUT2D eigenvalue weighted by Crippen LogP contribution is -2.60. The van der Waals surface area contributed by atoms with Gasteiger partial charge in [0.15, 0.2) is 0 Å². The molecule has 10 nitrogen and oxygen atoms in total. The number of ether oxygens (including phenoxy) is 2. The predicted molar refractivity (Wildman–Crippen MR) is 175 cm³/mol. The summed E-state index contributed by atoms with van der Waals surface area (Å²) in [5.74, 6) is -3.29. The first-order chi connectivity index (χ1) is 22.0. The molecule has 5 rings (SSSR count). The zero-order valence-corrected chi connectivity index (χ0v) is 28.6. The maximum absolute atomic E-state index is 14.9. The molecule has 0 saturated carbocycles. The van der Waals surface area contributed by atoms with Crippen molar-refractivity contribution in [2.45, 2.75) is 95.7 Å². The van der Waals surface area contributed by atoms with Gasteiger partial charge >= 0.3 is 5.97 Å². The monoisotopic (exact) mass is 699 g/mol. The summed E-state index contributed by atoms with van der Waals surface area (Å²) in [6.07, 6.45) is 7.43. The maximum atomic E-state index is 14.9. The van der Waals surface area contributed by atoms with E-state index in [2.05, 4.69) is 28.2 Å². The topological polar surface area (TPSA) is 125 Å². The number of hydrogen-bond donors (Lipinski definition) is 2. The Morgan fingerprint density at radius 1 is 1.09 bits per heavy atom. The van der Waals surface area contributed by atoms with E-state index in [1.807, 2.05) is 63.3 Å². The highest BCUT2D eigenvalue weighted by atomic mass is 79.9. The number of fused-ring (bicyclic) bond motifs is 2. The SMILES string of the molecule is CCCC(C)N1C/C=C\CCC(=O)OC[C@@H](c2ccccc2)NC(=O)[C@@H]2[C@H]3O[C@@]4(C=C3Br)[C@H](C1=O)N([C@@H](CO)CC(C)C)C(=O)[C@@H]24. The van der Waals surface area contributed by atoms with Crippen molar-refractivity contribution >= 4 is 39.6 Å². The van der Waals surface area contributed by atoms with Crippen LogP contribution in [0.2, 0.25) is 0 Å². The van der Waals surface area contributed by atoms with Crippen molar-refractivity contribution in [2.75, 3.05) is 19.8 Å². The minimum Gasteiger partial charge on any atom is -0.463 e. The van der Waals surface area contributed by atoms with Crippen molar-refractivity contribution in [3.63, 3.8) is 0 Å². The van der Waals surface area contributed by atoms with Gasteiger partial charge in [0.05, 0.1) is 30.5 Å². The number of rotatable bonds is 8. The summed E-state index contributed by atoms with van der Waals surface area (Å²) < 4.78 is 12.9. The summed E-state index contributed by atoms with van der Waals surface area (Å²) in [6, 6.07) is 6.71. The van der Waals surface area contributed by atoms with Crippen LogP contribution in [0.5, 0.6) is 0 Å². The normalized spacial score (nSPS) is 32.2. The molecule has 5 bridgehead atoms. The maximum Gasteiger partial charge on any atom is 0.306 e. The Balaban J connectivity index is 1.63. The highest BCUT2D eigenvalue weighted by molar-refractivity contribution is 9.11. The van der Waals surface area contributed by atoms with Crippen LogP contribution in [0.3, 0.4) is 0 Å². The van der Waals surface area contributed by atoms with Gasteiger partial charge < -0.3 is 29.7 Å². The Kier molecular flexibility index (Phi) is 10.7. The standard InChI is InChI=1S/C35H46BrN3O7/c1-5-12-22(4)38-16-11-7-10-15-27(41)45-20-26(23-13-8-6-9-14-23)37-32(42)28-29-33(43)39(24(19-40)17-21(2)3)31(34(38)44)35(29)18-25(36)30(28)46-35/h6-9,11,13-14,18,21-22,24,26,28-31,40H,5,10,12,15-17,19-20H2,1-4H3,(H,37,42)/b11-7-/t22?,24-,26+,28+,29-,30+,31+,35-/m1/s1. The average molecular weight is 701 g/mol. The van der Waals surface area contributed by atoms with Gasteiger partial charge in [0.1, 0.15) is 24.4 Å². The molecular weight excluding hydrogens is 654 g/mol. The Morgan fingerprint density at radius 3 is 2.50 bits per heavy atom. The molecular formula is C35H46BrN3O7. The second-order valence-electron chi connectivity index (χ2n) is 13.3. The van der Waals surface area contributed by atoms with E-state index >= 15 is 0 Å². The van der Waals surface area contributed by atoms with Gasteiger partial charge in [0, 0.05) is 23.5 Å². The smallest absolute Gasteiger partial charge is 0.306 e. The van der Waals surface area contributed by atoms with Gasteiger partial charge in [-0.05, 0) is 43.7 Å². The van der Waals surface area contributed by atoms with Crippen LogP contribution in [0.1, 0.15) is 71.4 Å². The number of carbonyl (C=O) groups is 4. The molecule has 2 fully saturated rings. The molecule has 1 aromatic carbocycles. The molecule has 0 radical (unpaired) electrons. The van der Waals surface area contributed by atoms with Crippen LogP contribution >= 0.6 is 15.9 Å². The van der Waals surface area contributed by atoms with E-state index in [-0.39, 0.29) is 50.0 Å². The predicted octanol–water partition coefficient (Wildman–Crippen LogP) is 4.03. The molecule has 250 valence electrons. The number of carbonyl (C=O) groups excluding carboxylic acids is 4. The number of aliphatic hydroxyl groups excluding tert-OH is 1. The summed E-state index contributed by atoms with van der Waals surface area (Å²) in [7, 11) is 0. The Bertz CT molecular complexity index is 1370. The molecule has 1 aromatic rings. The van der Waals surface area contributed by atoms with Crippen LogP contribution in [0.25, 0.3) is 0 Å². The summed E-state index contributed by atoms with van der Waals surface area (Å²) >= 11 is 3.62. The average Bonchev–Trinajstić information content (AvgIpc) is 3.62. The van der Waals surface area contributed by atoms with Gasteiger partial charge in [0.25, 0.3) is 0 Å². The first-order valence-corrected chi connectivity index (χ1v) is 17.3. The van der Waals surface area contributed by atoms with Gasteiger partial charge in [0.2, 0.25) is 17.7 Å². The third kappa shape index (κ3) is 6.42. The second kappa shape index (κ2) is 14.4. The molecule has 2 saturated heterocycles. The molecule has 2 N–H and O–H groups in total. The molecule has 4 heterocycles. The third-order valence-corrected chi connectivity index (χ3v) is 10.4. The zero-order chi connectivity index (χ0) is 33.2. The molecule has 1 unspecified atom stereocenters. The number of aliphatic hydroxyl groups is 1. The Morgan fingerprint density at radius 2 is 1.83 bits per heavy atom. The fourth-order valence-electron chi connectivity index (χ4n) is 7.60. The van der Waals surface area contributed by atoms with E-state index in [9.17, 15) is 24.3 Å². The molecule has 0 aliphatic carbocycles. The quantitative estimate of drug-likeness (QED) is 0.310. The zero-order valence-electron chi connectivity index (χ0n) is 27.1. The van der Waals surface area contributed by atoms with Gasteiger partial charge in [-0.15, -0.1) is 0 Å². The molecule has 8 atom stereocenters. The number of nitrogens with one attached hydrogen (secondary N) is 1. The van der Waals surface area contributed by atoms with Crippen LogP contribution < -0.4 is 5.32 Å². The van der Waals surface area contributed by atoms with E-state index in [1.54, 1.807) is 11.0 Å². The number of likely N-dealkylation sites (tertiary alicyclic amines) is 1. The van der Waals surface area contributed by atoms with E-state index in [0.29, 0.717) is 17.3 Å². The van der Waals surface area contributed by atoms with Gasteiger partial charge in [-0.25, -0.2) is 0 Å². The number of nitrogens with zero attached hydrogens (tertiary/aromatic N) is 2. The van der Waals surface area contributed by atoms with Crippen molar-refractivity contribution in [1.82, 2.24) is 15.1 Å². The first kappa shape index (κ1) is 34.3. The van der Waals surface area contributed by atoms with Gasteiger partial charge in [-0.3, -0.25) is 19.2 Å². The Labute approximate surface area is 279 Å². The van der Waals surface area contributed by atoms with Crippen LogP contribution in [0.4, 0.5) is 0 Å². The minimum atomic E-state index is -1.40. The van der Waals surface area contributed by atoms with E-state index < -0.39 is 53.5 Å². The summed E-state index contributed by atoms with van der Waals surface area (Å²) in [4.78, 5) is 59.8. The molecule has 0 aromatic heterocycles. The first-order valence-electron chi connectivity index (χ1n) is 16.5. The van der Waals surface area contributed by atoms with E-state index in [1.165, 1.54) is 4.90 Å². The van der Waals surface area contributed by atoms with Crippen LogP contribution in [-0.2, 0) is 28.7 Å². The van der Waals surface area contributed by atoms with Crippen molar-refractivity contribution < 1.29 is 33.8 Å². The summed E-state index contributed by atoms with van der Waals surface area (Å²) in [5.41, 5.74) is -0.652. The minimum absolute atomic E-state index is 0.0756. The number of benzene rings is 1. The number of cyclic esters (lactones) is 1. The van der Waals surface area contributed by atoms with Crippen molar-refractivity contribution in [3.8, 4) is 0 Å². The van der Waals surface area contributed by atoms with Crippen LogP contribution in [0, 0.1) is 17.8 Å². The highest BCUT2D eigenvalue weighted by Crippen LogP contribution is 2.59. The molecule has 46 heavy (non-hydrogen) atoms. The molecule has 4 aliphatic rings. The van der Waals surface area contributed by atoms with Crippen molar-refractivity contribution in [1.29, 1.82) is 0 Å². The van der Waals surface area contributed by atoms with Gasteiger partial charge in [-0.2, -0.15) is 0 Å².